The molecule has 1 unspecified atom stereocenters. The second kappa shape index (κ2) is 9.96. The van der Waals surface area contributed by atoms with Crippen molar-refractivity contribution in [3.8, 4) is 0 Å². The molecule has 5 heteroatoms. The molecule has 0 aliphatic carbocycles. The minimum absolute atomic E-state index is 0.179. The Morgan fingerprint density at radius 3 is 2.19 bits per heavy atom. The van der Waals surface area contributed by atoms with Crippen molar-refractivity contribution in [1.29, 1.82) is 0 Å². The zero-order valence-electron chi connectivity index (χ0n) is 16.9. The van der Waals surface area contributed by atoms with Gasteiger partial charge in [0.1, 0.15) is 0 Å². The number of thioether (sulfide) groups is 1. The van der Waals surface area contributed by atoms with Crippen LogP contribution in [0.1, 0.15) is 21.9 Å². The van der Waals surface area contributed by atoms with Crippen LogP contribution in [-0.2, 0) is 6.42 Å². The van der Waals surface area contributed by atoms with E-state index in [9.17, 15) is 4.79 Å². The van der Waals surface area contributed by atoms with E-state index >= 15 is 0 Å². The van der Waals surface area contributed by atoms with E-state index in [-0.39, 0.29) is 5.25 Å². The van der Waals surface area contributed by atoms with Gasteiger partial charge >= 0.3 is 6.03 Å². The lowest BCUT2D eigenvalue weighted by Gasteiger charge is -2.28. The number of nitrogens with one attached hydrogen (secondary N) is 1. The third kappa shape index (κ3) is 5.32. The molecule has 4 nitrogen and oxygen atoms in total. The van der Waals surface area contributed by atoms with E-state index in [0.29, 0.717) is 0 Å². The summed E-state index contributed by atoms with van der Waals surface area (Å²) in [6, 6.07) is 30.6. The van der Waals surface area contributed by atoms with Crippen molar-refractivity contribution in [3.05, 3.63) is 125 Å². The number of carbonyl (C=O) groups excluding carboxylic acids is 1. The topological polar surface area (TPSA) is 67.5 Å². The monoisotopic (exact) mass is 425 g/mol. The van der Waals surface area contributed by atoms with Crippen molar-refractivity contribution < 1.29 is 4.79 Å². The van der Waals surface area contributed by atoms with Crippen molar-refractivity contribution in [2.45, 2.75) is 11.7 Å². The summed E-state index contributed by atoms with van der Waals surface area (Å²) < 4.78 is 0. The molecule has 0 aromatic heterocycles. The number of hydrogen-bond donors (Lipinski definition) is 2. The molecule has 154 valence electrons. The van der Waals surface area contributed by atoms with Gasteiger partial charge < -0.3 is 5.73 Å². The maximum Gasteiger partial charge on any atom is 0.332 e. The molecule has 0 saturated heterocycles. The van der Waals surface area contributed by atoms with E-state index in [1.165, 1.54) is 16.7 Å². The molecule has 0 spiro atoms. The smallest absolute Gasteiger partial charge is 0.332 e. The standard InChI is InChI=1S/C26H23N3OS/c27-26(30)29-28-18-23-17-22(16-19-10-4-1-5-11-19)24(20-12-6-2-7-13-20)31-25(23)21-14-8-3-9-15-21/h1-15,17-18,24H,16H2,(H3,27,29,30)/b28-18+. The molecule has 1 heterocycles. The van der Waals surface area contributed by atoms with Crippen molar-refractivity contribution in [2.24, 2.45) is 10.8 Å². The van der Waals surface area contributed by atoms with Gasteiger partial charge in [0.15, 0.2) is 0 Å². The van der Waals surface area contributed by atoms with Crippen molar-refractivity contribution in [2.75, 3.05) is 0 Å². The molecule has 2 amide bonds. The van der Waals surface area contributed by atoms with Crippen LogP contribution in [0.15, 0.2) is 113 Å². The van der Waals surface area contributed by atoms with E-state index in [0.717, 1.165) is 22.5 Å². The molecule has 0 saturated carbocycles. The van der Waals surface area contributed by atoms with Crippen LogP contribution in [0, 0.1) is 0 Å². The number of benzene rings is 3. The molecular formula is C26H23N3OS. The normalized spacial score (nSPS) is 16.3. The number of carbonyl (C=O) groups is 1. The van der Waals surface area contributed by atoms with Gasteiger partial charge in [0.2, 0.25) is 0 Å². The Morgan fingerprint density at radius 1 is 0.935 bits per heavy atom. The van der Waals surface area contributed by atoms with Crippen LogP contribution < -0.4 is 11.2 Å². The van der Waals surface area contributed by atoms with Crippen LogP contribution in [0.5, 0.6) is 0 Å². The first-order valence-electron chi connectivity index (χ1n) is 10.0. The van der Waals surface area contributed by atoms with Crippen LogP contribution in [0.4, 0.5) is 4.79 Å². The average Bonchev–Trinajstić information content (AvgIpc) is 2.81. The lowest BCUT2D eigenvalue weighted by atomic mass is 9.95. The third-order valence-corrected chi connectivity index (χ3v) is 6.46. The largest absolute Gasteiger partial charge is 0.350 e. The van der Waals surface area contributed by atoms with Crippen molar-refractivity contribution in [1.82, 2.24) is 5.43 Å². The number of amides is 2. The van der Waals surface area contributed by atoms with E-state index in [1.807, 2.05) is 42.1 Å². The summed E-state index contributed by atoms with van der Waals surface area (Å²) in [4.78, 5) is 12.2. The second-order valence-corrected chi connectivity index (χ2v) is 8.29. The molecule has 1 aliphatic rings. The first-order valence-corrected chi connectivity index (χ1v) is 10.9. The van der Waals surface area contributed by atoms with Gasteiger partial charge in [-0.2, -0.15) is 5.10 Å². The number of primary amides is 1. The highest BCUT2D eigenvalue weighted by Crippen LogP contribution is 2.49. The highest BCUT2D eigenvalue weighted by molar-refractivity contribution is 8.08. The van der Waals surface area contributed by atoms with Gasteiger partial charge in [0.25, 0.3) is 0 Å². The number of nitrogens with two attached hydrogens (primary N) is 1. The van der Waals surface area contributed by atoms with Crippen molar-refractivity contribution >= 4 is 28.9 Å². The molecule has 3 N–H and O–H groups in total. The Morgan fingerprint density at radius 2 is 1.55 bits per heavy atom. The van der Waals surface area contributed by atoms with Crippen LogP contribution in [-0.4, -0.2) is 12.2 Å². The van der Waals surface area contributed by atoms with E-state index in [4.69, 9.17) is 5.73 Å². The molecule has 31 heavy (non-hydrogen) atoms. The molecule has 0 bridgehead atoms. The summed E-state index contributed by atoms with van der Waals surface area (Å²) in [7, 11) is 0. The highest BCUT2D eigenvalue weighted by Gasteiger charge is 2.26. The Hall–Kier alpha value is -3.57. The lowest BCUT2D eigenvalue weighted by Crippen LogP contribution is -2.24. The Balaban J connectivity index is 1.80. The molecule has 1 atom stereocenters. The first-order chi connectivity index (χ1) is 15.2. The summed E-state index contributed by atoms with van der Waals surface area (Å²) >= 11 is 1.81. The summed E-state index contributed by atoms with van der Waals surface area (Å²) in [5, 5.41) is 4.22. The van der Waals surface area contributed by atoms with Gasteiger partial charge in [0, 0.05) is 10.5 Å². The fraction of sp³-hybridized carbons (Fsp3) is 0.0769. The Kier molecular flexibility index (Phi) is 6.65. The van der Waals surface area contributed by atoms with Crippen LogP contribution in [0.2, 0.25) is 0 Å². The number of urea groups is 1. The third-order valence-electron chi connectivity index (χ3n) is 4.94. The Labute approximate surface area is 186 Å². The summed E-state index contributed by atoms with van der Waals surface area (Å²) in [5.41, 5.74) is 13.3. The van der Waals surface area contributed by atoms with Gasteiger partial charge in [-0.15, -0.1) is 11.8 Å². The van der Waals surface area contributed by atoms with E-state index in [1.54, 1.807) is 6.21 Å². The van der Waals surface area contributed by atoms with E-state index < -0.39 is 6.03 Å². The lowest BCUT2D eigenvalue weighted by molar-refractivity contribution is 0.249. The Bertz CT molecular complexity index is 1120. The zero-order chi connectivity index (χ0) is 21.5. The fourth-order valence-electron chi connectivity index (χ4n) is 3.57. The molecule has 0 fully saturated rings. The molecule has 3 aromatic carbocycles. The second-order valence-electron chi connectivity index (χ2n) is 7.17. The average molecular weight is 426 g/mol. The van der Waals surface area contributed by atoms with Gasteiger partial charge in [-0.25, -0.2) is 10.2 Å². The molecule has 4 rings (SSSR count). The van der Waals surface area contributed by atoms with Gasteiger partial charge in [-0.05, 0) is 28.7 Å². The molecule has 1 aliphatic heterocycles. The molecule has 0 radical (unpaired) electrons. The van der Waals surface area contributed by atoms with Gasteiger partial charge in [-0.1, -0.05) is 97.1 Å². The number of hydrogen-bond acceptors (Lipinski definition) is 3. The zero-order valence-corrected chi connectivity index (χ0v) is 17.8. The summed E-state index contributed by atoms with van der Waals surface area (Å²) in [5.74, 6) is 0. The number of nitrogens with zero attached hydrogens (tertiary/aromatic N) is 1. The van der Waals surface area contributed by atoms with Crippen LogP contribution in [0.3, 0.4) is 0 Å². The quantitative estimate of drug-likeness (QED) is 0.392. The van der Waals surface area contributed by atoms with Crippen molar-refractivity contribution in [3.63, 3.8) is 0 Å². The predicted molar refractivity (Wildman–Crippen MR) is 130 cm³/mol. The summed E-state index contributed by atoms with van der Waals surface area (Å²) in [6.45, 7) is 0. The van der Waals surface area contributed by atoms with Crippen LogP contribution >= 0.6 is 11.8 Å². The summed E-state index contributed by atoms with van der Waals surface area (Å²) in [6.07, 6.45) is 4.69. The maximum absolute atomic E-state index is 11.1. The highest BCUT2D eigenvalue weighted by atomic mass is 32.2. The molecule has 3 aromatic rings. The fourth-order valence-corrected chi connectivity index (χ4v) is 4.92. The minimum atomic E-state index is -0.683. The number of rotatable bonds is 6. The number of hydrazone groups is 1. The maximum atomic E-state index is 11.1. The van der Waals surface area contributed by atoms with Crippen LogP contribution in [0.25, 0.3) is 4.91 Å². The minimum Gasteiger partial charge on any atom is -0.350 e. The van der Waals surface area contributed by atoms with Gasteiger partial charge in [-0.3, -0.25) is 0 Å². The number of allylic oxidation sites excluding steroid dienone is 2. The van der Waals surface area contributed by atoms with Gasteiger partial charge in [0.05, 0.1) is 11.5 Å². The predicted octanol–water partition coefficient (Wildman–Crippen LogP) is 5.71. The SMILES string of the molecule is NC(=O)N/N=C/C1=C(c2ccccc2)SC(c2ccccc2)C(Cc2ccccc2)=C1. The molecular weight excluding hydrogens is 402 g/mol. The van der Waals surface area contributed by atoms with E-state index in [2.05, 4.69) is 77.3 Å². The first kappa shape index (κ1) is 20.7.